The number of aromatic nitrogens is 3. The van der Waals surface area contributed by atoms with Crippen LogP contribution in [0.2, 0.25) is 0 Å². The number of aryl methyl sites for hydroxylation is 1. The summed E-state index contributed by atoms with van der Waals surface area (Å²) < 4.78 is 23.0. The van der Waals surface area contributed by atoms with Crippen LogP contribution in [0.4, 0.5) is 0 Å². The third kappa shape index (κ3) is 2.54. The van der Waals surface area contributed by atoms with Crippen LogP contribution in [-0.2, 0) is 10.0 Å². The zero-order valence-electron chi connectivity index (χ0n) is 8.81. The van der Waals surface area contributed by atoms with Crippen molar-refractivity contribution in [3.63, 3.8) is 0 Å². The number of nitrogens with zero attached hydrogens (tertiary/aromatic N) is 2. The van der Waals surface area contributed by atoms with E-state index in [1.807, 2.05) is 19.1 Å². The Labute approximate surface area is 106 Å². The smallest absolute Gasteiger partial charge is 0.248 e. The van der Waals surface area contributed by atoms with Gasteiger partial charge in [-0.25, -0.2) is 18.7 Å². The minimum absolute atomic E-state index is 0.287. The van der Waals surface area contributed by atoms with Gasteiger partial charge in [-0.05, 0) is 18.6 Å². The molecule has 1 aromatic heterocycles. The summed E-state index contributed by atoms with van der Waals surface area (Å²) in [6.45, 7) is 1.95. The first-order valence-electron chi connectivity index (χ1n) is 4.59. The van der Waals surface area contributed by atoms with E-state index in [4.69, 9.17) is 5.14 Å². The molecule has 8 heteroatoms. The summed E-state index contributed by atoms with van der Waals surface area (Å²) in [5.41, 5.74) is 1.77. The van der Waals surface area contributed by atoms with Gasteiger partial charge in [0.25, 0.3) is 15.2 Å². The van der Waals surface area contributed by atoms with Gasteiger partial charge in [0.05, 0.1) is 0 Å². The third-order valence-electron chi connectivity index (χ3n) is 2.16. The minimum atomic E-state index is -3.85. The lowest BCUT2D eigenvalue weighted by Crippen LogP contribution is -2.13. The summed E-state index contributed by atoms with van der Waals surface area (Å²) in [5.74, 6) is 0.287. The Kier molecular flexibility index (Phi) is 3.02. The van der Waals surface area contributed by atoms with E-state index < -0.39 is 10.0 Å². The van der Waals surface area contributed by atoms with Gasteiger partial charge in [-0.2, -0.15) is 10.1 Å². The highest BCUT2D eigenvalue weighted by atomic mass is 79.9. The van der Waals surface area contributed by atoms with E-state index in [-0.39, 0.29) is 11.0 Å². The Balaban J connectivity index is 2.47. The number of benzene rings is 1. The van der Waals surface area contributed by atoms with Gasteiger partial charge in [-0.3, -0.25) is 0 Å². The molecule has 0 saturated heterocycles. The average Bonchev–Trinajstić information content (AvgIpc) is 2.70. The highest BCUT2D eigenvalue weighted by molar-refractivity contribution is 9.10. The highest BCUT2D eigenvalue weighted by Crippen LogP contribution is 2.23. The first-order valence-corrected chi connectivity index (χ1v) is 6.93. The number of nitrogens with two attached hydrogens (primary N) is 1. The standard InChI is InChI=1S/C9H9BrN4O2S/c1-5-2-3-6(4-7(5)10)8-12-9(14-13-8)17(11,15)16/h2-4H,1H3,(H2,11,15,16)(H,12,13,14). The van der Waals surface area contributed by atoms with Crippen molar-refractivity contribution >= 4 is 26.0 Å². The summed E-state index contributed by atoms with van der Waals surface area (Å²) >= 11 is 3.38. The fraction of sp³-hybridized carbons (Fsp3) is 0.111. The first kappa shape index (κ1) is 12.2. The van der Waals surface area contributed by atoms with Crippen LogP contribution in [0, 0.1) is 6.92 Å². The molecular formula is C9H9BrN4O2S. The molecule has 2 aromatic rings. The monoisotopic (exact) mass is 316 g/mol. The molecule has 17 heavy (non-hydrogen) atoms. The number of halogens is 1. The molecule has 0 aliphatic heterocycles. The fourth-order valence-electron chi connectivity index (χ4n) is 1.24. The lowest BCUT2D eigenvalue weighted by molar-refractivity contribution is 0.589. The van der Waals surface area contributed by atoms with Crippen LogP contribution < -0.4 is 5.14 Å². The van der Waals surface area contributed by atoms with E-state index >= 15 is 0 Å². The quantitative estimate of drug-likeness (QED) is 0.868. The molecule has 0 bridgehead atoms. The number of primary sulfonamides is 1. The van der Waals surface area contributed by atoms with Gasteiger partial charge in [-0.15, -0.1) is 0 Å². The second kappa shape index (κ2) is 4.21. The van der Waals surface area contributed by atoms with E-state index in [9.17, 15) is 8.42 Å². The summed E-state index contributed by atoms with van der Waals surface area (Å²) in [4.78, 5) is 3.82. The van der Waals surface area contributed by atoms with Crippen molar-refractivity contribution < 1.29 is 8.42 Å². The third-order valence-corrected chi connectivity index (χ3v) is 3.74. The predicted octanol–water partition coefficient (Wildman–Crippen LogP) is 1.19. The second-order valence-electron chi connectivity index (χ2n) is 3.47. The number of rotatable bonds is 2. The molecule has 0 aliphatic rings. The summed E-state index contributed by atoms with van der Waals surface area (Å²) in [5, 5.41) is 10.7. The predicted molar refractivity (Wildman–Crippen MR) is 65.6 cm³/mol. The molecule has 0 fully saturated rings. The molecular weight excluding hydrogens is 308 g/mol. The van der Waals surface area contributed by atoms with E-state index in [0.29, 0.717) is 5.56 Å². The first-order chi connectivity index (χ1) is 7.88. The summed E-state index contributed by atoms with van der Waals surface area (Å²) in [7, 11) is -3.85. The number of nitrogens with one attached hydrogen (secondary N) is 1. The maximum Gasteiger partial charge on any atom is 0.273 e. The van der Waals surface area contributed by atoms with Crippen molar-refractivity contribution in [2.45, 2.75) is 12.1 Å². The van der Waals surface area contributed by atoms with Gasteiger partial charge < -0.3 is 0 Å². The number of sulfonamides is 1. The highest BCUT2D eigenvalue weighted by Gasteiger charge is 2.15. The van der Waals surface area contributed by atoms with Crippen LogP contribution in [-0.4, -0.2) is 23.6 Å². The van der Waals surface area contributed by atoms with Crippen molar-refractivity contribution in [1.82, 2.24) is 15.2 Å². The molecule has 6 nitrogen and oxygen atoms in total. The van der Waals surface area contributed by atoms with Crippen molar-refractivity contribution in [2.24, 2.45) is 5.14 Å². The number of hydrogen-bond acceptors (Lipinski definition) is 4. The number of H-pyrrole nitrogens is 1. The van der Waals surface area contributed by atoms with Gasteiger partial charge >= 0.3 is 0 Å². The molecule has 0 spiro atoms. The summed E-state index contributed by atoms with van der Waals surface area (Å²) in [6, 6.07) is 5.49. The molecule has 1 heterocycles. The Bertz CT molecular complexity index is 665. The van der Waals surface area contributed by atoms with Gasteiger partial charge in [0.1, 0.15) is 0 Å². The van der Waals surface area contributed by atoms with Crippen LogP contribution in [0.5, 0.6) is 0 Å². The molecule has 2 rings (SSSR count). The second-order valence-corrected chi connectivity index (χ2v) is 5.80. The van der Waals surface area contributed by atoms with E-state index in [2.05, 4.69) is 31.1 Å². The zero-order chi connectivity index (χ0) is 12.6. The summed E-state index contributed by atoms with van der Waals surface area (Å²) in [6.07, 6.45) is 0. The Hall–Kier alpha value is -1.25. The van der Waals surface area contributed by atoms with Crippen LogP contribution in [0.25, 0.3) is 11.4 Å². The van der Waals surface area contributed by atoms with Crippen LogP contribution in [0.3, 0.4) is 0 Å². The Morgan fingerprint density at radius 1 is 1.41 bits per heavy atom. The van der Waals surface area contributed by atoms with E-state index in [1.54, 1.807) is 6.07 Å². The molecule has 0 saturated carbocycles. The molecule has 0 aliphatic carbocycles. The minimum Gasteiger partial charge on any atom is -0.248 e. The van der Waals surface area contributed by atoms with E-state index in [0.717, 1.165) is 10.0 Å². The average molecular weight is 317 g/mol. The molecule has 0 amide bonds. The van der Waals surface area contributed by atoms with Crippen molar-refractivity contribution in [3.8, 4) is 11.4 Å². The molecule has 90 valence electrons. The Morgan fingerprint density at radius 3 is 2.65 bits per heavy atom. The molecule has 1 aromatic carbocycles. The van der Waals surface area contributed by atoms with Gasteiger partial charge in [0.2, 0.25) is 0 Å². The largest absolute Gasteiger partial charge is 0.273 e. The van der Waals surface area contributed by atoms with Gasteiger partial charge in [-0.1, -0.05) is 28.1 Å². The lowest BCUT2D eigenvalue weighted by atomic mass is 10.1. The van der Waals surface area contributed by atoms with Crippen molar-refractivity contribution in [1.29, 1.82) is 0 Å². The van der Waals surface area contributed by atoms with E-state index in [1.165, 1.54) is 0 Å². The van der Waals surface area contributed by atoms with Crippen LogP contribution in [0.15, 0.2) is 27.8 Å². The Morgan fingerprint density at radius 2 is 2.12 bits per heavy atom. The van der Waals surface area contributed by atoms with Crippen molar-refractivity contribution in [2.75, 3.05) is 0 Å². The van der Waals surface area contributed by atoms with Crippen molar-refractivity contribution in [3.05, 3.63) is 28.2 Å². The molecule has 0 radical (unpaired) electrons. The molecule has 3 N–H and O–H groups in total. The maximum atomic E-state index is 11.0. The number of hydrogen-bond donors (Lipinski definition) is 2. The zero-order valence-corrected chi connectivity index (χ0v) is 11.2. The molecule has 0 unspecified atom stereocenters. The van der Waals surface area contributed by atoms with Gasteiger partial charge in [0, 0.05) is 10.0 Å². The van der Waals surface area contributed by atoms with Gasteiger partial charge in [0.15, 0.2) is 5.82 Å². The van der Waals surface area contributed by atoms with Crippen LogP contribution in [0.1, 0.15) is 5.56 Å². The lowest BCUT2D eigenvalue weighted by Gasteiger charge is -1.99. The SMILES string of the molecule is Cc1ccc(-c2n[nH]c(S(N)(=O)=O)n2)cc1Br. The normalized spacial score (nSPS) is 11.7. The van der Waals surface area contributed by atoms with Crippen LogP contribution >= 0.6 is 15.9 Å². The molecule has 0 atom stereocenters. The maximum absolute atomic E-state index is 11.0. The fourth-order valence-corrected chi connectivity index (χ4v) is 2.00. The number of aromatic amines is 1. The topological polar surface area (TPSA) is 102 Å².